The van der Waals surface area contributed by atoms with Crippen molar-refractivity contribution in [1.29, 1.82) is 0 Å². The van der Waals surface area contributed by atoms with Crippen LogP contribution in [0.15, 0.2) is 24.3 Å². The SMILES string of the molecule is CC(CO)C(O)c1cccc(F)c1. The Morgan fingerprint density at radius 2 is 2.15 bits per heavy atom. The summed E-state index contributed by atoms with van der Waals surface area (Å²) in [7, 11) is 0. The van der Waals surface area contributed by atoms with Crippen LogP contribution in [-0.2, 0) is 0 Å². The highest BCUT2D eigenvalue weighted by Gasteiger charge is 2.15. The van der Waals surface area contributed by atoms with Crippen molar-refractivity contribution >= 4 is 0 Å². The van der Waals surface area contributed by atoms with Crippen molar-refractivity contribution in [1.82, 2.24) is 0 Å². The highest BCUT2D eigenvalue weighted by molar-refractivity contribution is 5.19. The molecule has 0 aliphatic rings. The Bertz CT molecular complexity index is 275. The van der Waals surface area contributed by atoms with Gasteiger partial charge in [0.05, 0.1) is 6.10 Å². The summed E-state index contributed by atoms with van der Waals surface area (Å²) in [6.45, 7) is 1.59. The topological polar surface area (TPSA) is 40.5 Å². The first-order valence-corrected chi connectivity index (χ1v) is 4.19. The Balaban J connectivity index is 2.82. The lowest BCUT2D eigenvalue weighted by atomic mass is 9.98. The van der Waals surface area contributed by atoms with E-state index in [1.165, 1.54) is 18.2 Å². The van der Waals surface area contributed by atoms with E-state index in [1.54, 1.807) is 13.0 Å². The van der Waals surface area contributed by atoms with Gasteiger partial charge in [-0.2, -0.15) is 0 Å². The van der Waals surface area contributed by atoms with Gasteiger partial charge in [0.1, 0.15) is 5.82 Å². The molecule has 2 unspecified atom stereocenters. The van der Waals surface area contributed by atoms with Gasteiger partial charge in [-0.1, -0.05) is 19.1 Å². The Kier molecular flexibility index (Phi) is 3.39. The second kappa shape index (κ2) is 4.35. The van der Waals surface area contributed by atoms with Crippen molar-refractivity contribution in [2.45, 2.75) is 13.0 Å². The van der Waals surface area contributed by atoms with Crippen LogP contribution in [0, 0.1) is 11.7 Å². The fraction of sp³-hybridized carbons (Fsp3) is 0.400. The summed E-state index contributed by atoms with van der Waals surface area (Å²) in [6.07, 6.45) is -0.805. The average molecular weight is 184 g/mol. The van der Waals surface area contributed by atoms with Crippen LogP contribution >= 0.6 is 0 Å². The van der Waals surface area contributed by atoms with Crippen molar-refractivity contribution < 1.29 is 14.6 Å². The Morgan fingerprint density at radius 3 is 2.69 bits per heavy atom. The molecule has 0 amide bonds. The molecule has 0 heterocycles. The number of hydrogen-bond donors (Lipinski definition) is 2. The van der Waals surface area contributed by atoms with Gasteiger partial charge in [0.25, 0.3) is 0 Å². The van der Waals surface area contributed by atoms with Gasteiger partial charge in [-0.25, -0.2) is 4.39 Å². The second-order valence-corrected chi connectivity index (χ2v) is 3.16. The quantitative estimate of drug-likeness (QED) is 0.747. The summed E-state index contributed by atoms with van der Waals surface area (Å²) < 4.78 is 12.7. The number of aliphatic hydroxyl groups is 2. The molecule has 0 spiro atoms. The molecule has 0 radical (unpaired) electrons. The number of hydrogen-bond acceptors (Lipinski definition) is 2. The zero-order valence-electron chi connectivity index (χ0n) is 7.44. The molecule has 1 aromatic carbocycles. The van der Waals surface area contributed by atoms with Gasteiger partial charge in [0.2, 0.25) is 0 Å². The third-order valence-corrected chi connectivity index (χ3v) is 2.02. The maximum Gasteiger partial charge on any atom is 0.123 e. The first-order chi connectivity index (χ1) is 6.15. The number of halogens is 1. The van der Waals surface area contributed by atoms with E-state index in [4.69, 9.17) is 5.11 Å². The van der Waals surface area contributed by atoms with Crippen LogP contribution < -0.4 is 0 Å². The fourth-order valence-electron chi connectivity index (χ4n) is 1.12. The van der Waals surface area contributed by atoms with Crippen LogP contribution in [0.1, 0.15) is 18.6 Å². The van der Waals surface area contributed by atoms with E-state index in [9.17, 15) is 9.50 Å². The van der Waals surface area contributed by atoms with E-state index < -0.39 is 6.10 Å². The van der Waals surface area contributed by atoms with Crippen LogP contribution in [0.4, 0.5) is 4.39 Å². The highest BCUT2D eigenvalue weighted by atomic mass is 19.1. The largest absolute Gasteiger partial charge is 0.396 e. The summed E-state index contributed by atoms with van der Waals surface area (Å²) in [4.78, 5) is 0. The van der Waals surface area contributed by atoms with E-state index in [-0.39, 0.29) is 18.3 Å². The summed E-state index contributed by atoms with van der Waals surface area (Å²) >= 11 is 0. The van der Waals surface area contributed by atoms with E-state index in [0.717, 1.165) is 0 Å². The minimum Gasteiger partial charge on any atom is -0.396 e. The molecule has 3 heteroatoms. The molecule has 0 aliphatic carbocycles. The summed E-state index contributed by atoms with van der Waals surface area (Å²) in [5.74, 6) is -0.650. The van der Waals surface area contributed by atoms with Gasteiger partial charge in [-0.3, -0.25) is 0 Å². The molecule has 0 saturated carbocycles. The maximum absolute atomic E-state index is 12.7. The molecule has 2 N–H and O–H groups in total. The van der Waals surface area contributed by atoms with Crippen LogP contribution in [0.3, 0.4) is 0 Å². The normalized spacial score (nSPS) is 15.4. The molecule has 0 aliphatic heterocycles. The first-order valence-electron chi connectivity index (χ1n) is 4.19. The van der Waals surface area contributed by atoms with E-state index in [1.807, 2.05) is 0 Å². The first kappa shape index (κ1) is 10.2. The molecule has 1 aromatic rings. The van der Waals surface area contributed by atoms with Crippen molar-refractivity contribution in [2.24, 2.45) is 5.92 Å². The van der Waals surface area contributed by atoms with Crippen LogP contribution in [0.25, 0.3) is 0 Å². The van der Waals surface area contributed by atoms with Crippen LogP contribution in [-0.4, -0.2) is 16.8 Å². The van der Waals surface area contributed by atoms with Crippen molar-refractivity contribution in [3.8, 4) is 0 Å². The standard InChI is InChI=1S/C10H13FO2/c1-7(6-12)10(13)8-3-2-4-9(11)5-8/h2-5,7,10,12-13H,6H2,1H3. The number of rotatable bonds is 3. The lowest BCUT2D eigenvalue weighted by Crippen LogP contribution is -2.12. The van der Waals surface area contributed by atoms with Crippen LogP contribution in [0.5, 0.6) is 0 Å². The van der Waals surface area contributed by atoms with Gasteiger partial charge in [0, 0.05) is 12.5 Å². The average Bonchev–Trinajstić information content (AvgIpc) is 2.15. The maximum atomic E-state index is 12.7. The zero-order chi connectivity index (χ0) is 9.84. The number of benzene rings is 1. The molecule has 2 nitrogen and oxygen atoms in total. The molecule has 1 rings (SSSR count). The summed E-state index contributed by atoms with van der Waals surface area (Å²) in [6, 6.07) is 5.77. The molecule has 13 heavy (non-hydrogen) atoms. The van der Waals surface area contributed by atoms with Gasteiger partial charge in [-0.15, -0.1) is 0 Å². The molecular weight excluding hydrogens is 171 g/mol. The van der Waals surface area contributed by atoms with Crippen LogP contribution in [0.2, 0.25) is 0 Å². The van der Waals surface area contributed by atoms with Gasteiger partial charge in [0.15, 0.2) is 0 Å². The predicted octanol–water partition coefficient (Wildman–Crippen LogP) is 1.49. The number of aliphatic hydroxyl groups excluding tert-OH is 2. The smallest absolute Gasteiger partial charge is 0.123 e. The molecule has 0 bridgehead atoms. The van der Waals surface area contributed by atoms with Crippen molar-refractivity contribution in [3.63, 3.8) is 0 Å². The third kappa shape index (κ3) is 2.50. The van der Waals surface area contributed by atoms with Crippen molar-refractivity contribution in [2.75, 3.05) is 6.61 Å². The van der Waals surface area contributed by atoms with Crippen molar-refractivity contribution in [3.05, 3.63) is 35.6 Å². The Hall–Kier alpha value is -0.930. The molecule has 2 atom stereocenters. The molecular formula is C10H13FO2. The van der Waals surface area contributed by atoms with Gasteiger partial charge in [-0.05, 0) is 17.7 Å². The lowest BCUT2D eigenvalue weighted by Gasteiger charge is -2.16. The molecule has 72 valence electrons. The minimum atomic E-state index is -0.805. The molecule has 0 saturated heterocycles. The Morgan fingerprint density at radius 1 is 1.46 bits per heavy atom. The zero-order valence-corrected chi connectivity index (χ0v) is 7.44. The molecule has 0 aromatic heterocycles. The highest BCUT2D eigenvalue weighted by Crippen LogP contribution is 2.21. The van der Waals surface area contributed by atoms with E-state index >= 15 is 0 Å². The third-order valence-electron chi connectivity index (χ3n) is 2.02. The lowest BCUT2D eigenvalue weighted by molar-refractivity contribution is 0.0768. The fourth-order valence-corrected chi connectivity index (χ4v) is 1.12. The minimum absolute atomic E-state index is 0.113. The predicted molar refractivity (Wildman–Crippen MR) is 47.6 cm³/mol. The van der Waals surface area contributed by atoms with Gasteiger partial charge < -0.3 is 10.2 Å². The summed E-state index contributed by atoms with van der Waals surface area (Å²) in [5, 5.41) is 18.4. The molecule has 0 fully saturated rings. The second-order valence-electron chi connectivity index (χ2n) is 3.16. The van der Waals surface area contributed by atoms with E-state index in [0.29, 0.717) is 5.56 Å². The monoisotopic (exact) mass is 184 g/mol. The Labute approximate surface area is 76.6 Å². The van der Waals surface area contributed by atoms with Gasteiger partial charge >= 0.3 is 0 Å². The summed E-state index contributed by atoms with van der Waals surface area (Å²) in [5.41, 5.74) is 0.501. The van der Waals surface area contributed by atoms with E-state index in [2.05, 4.69) is 0 Å².